The van der Waals surface area contributed by atoms with Crippen molar-refractivity contribution in [2.24, 2.45) is 0 Å². The molecule has 0 fully saturated rings. The van der Waals surface area contributed by atoms with Crippen molar-refractivity contribution in [2.75, 3.05) is 20.1 Å². The summed E-state index contributed by atoms with van der Waals surface area (Å²) in [6.45, 7) is 1.92. The quantitative estimate of drug-likeness (QED) is 0.701. The normalized spacial score (nSPS) is 11.8. The standard InChI is InChI=1S/C17H20Cl2N2O2S/c1-21(13-14-7-3-2-4-8-14)12-6-11-20-24(22,23)17-15(18)9-5-10-16(17)19/h2-5,7-10,20H,6,11-13H2,1H3. The molecule has 4 nitrogen and oxygen atoms in total. The molecule has 2 aromatic rings. The molecule has 2 rings (SSSR count). The van der Waals surface area contributed by atoms with Gasteiger partial charge in [0.25, 0.3) is 0 Å². The zero-order chi connectivity index (χ0) is 17.6. The molecular formula is C17H20Cl2N2O2S. The second kappa shape index (κ2) is 8.83. The van der Waals surface area contributed by atoms with Crippen LogP contribution in [0.2, 0.25) is 10.0 Å². The summed E-state index contributed by atoms with van der Waals surface area (Å²) in [7, 11) is -1.70. The Labute approximate surface area is 153 Å². The van der Waals surface area contributed by atoms with Crippen LogP contribution >= 0.6 is 23.2 Å². The van der Waals surface area contributed by atoms with Crippen LogP contribution in [0.5, 0.6) is 0 Å². The van der Waals surface area contributed by atoms with Crippen LogP contribution in [0.15, 0.2) is 53.4 Å². The van der Waals surface area contributed by atoms with Crippen LogP contribution in [0.4, 0.5) is 0 Å². The predicted octanol–water partition coefficient (Wildman–Crippen LogP) is 3.79. The van der Waals surface area contributed by atoms with Crippen LogP contribution in [0.25, 0.3) is 0 Å². The summed E-state index contributed by atoms with van der Waals surface area (Å²) in [6.07, 6.45) is 0.685. The van der Waals surface area contributed by atoms with Gasteiger partial charge in [0.2, 0.25) is 10.0 Å². The summed E-state index contributed by atoms with van der Waals surface area (Å²) in [6, 6.07) is 14.8. The molecule has 0 heterocycles. The first-order chi connectivity index (χ1) is 11.4. The van der Waals surface area contributed by atoms with Gasteiger partial charge in [-0.25, -0.2) is 13.1 Å². The minimum atomic E-state index is -3.71. The van der Waals surface area contributed by atoms with Gasteiger partial charge < -0.3 is 4.90 Å². The molecule has 1 N–H and O–H groups in total. The lowest BCUT2D eigenvalue weighted by Gasteiger charge is -2.17. The van der Waals surface area contributed by atoms with E-state index in [-0.39, 0.29) is 14.9 Å². The second-order valence-electron chi connectivity index (χ2n) is 5.53. The molecule has 0 saturated carbocycles. The van der Waals surface area contributed by atoms with E-state index >= 15 is 0 Å². The van der Waals surface area contributed by atoms with Crippen molar-refractivity contribution in [2.45, 2.75) is 17.9 Å². The van der Waals surface area contributed by atoms with Crippen molar-refractivity contribution >= 4 is 33.2 Å². The molecular weight excluding hydrogens is 367 g/mol. The Balaban J connectivity index is 1.83. The van der Waals surface area contributed by atoms with Gasteiger partial charge in [-0.3, -0.25) is 0 Å². The largest absolute Gasteiger partial charge is 0.302 e. The van der Waals surface area contributed by atoms with Crippen molar-refractivity contribution in [1.82, 2.24) is 9.62 Å². The van der Waals surface area contributed by atoms with E-state index in [0.29, 0.717) is 13.0 Å². The number of hydrogen-bond donors (Lipinski definition) is 1. The van der Waals surface area contributed by atoms with E-state index in [1.165, 1.54) is 17.7 Å². The van der Waals surface area contributed by atoms with Crippen molar-refractivity contribution in [3.05, 3.63) is 64.1 Å². The average molecular weight is 387 g/mol. The van der Waals surface area contributed by atoms with Gasteiger partial charge in [-0.15, -0.1) is 0 Å². The van der Waals surface area contributed by atoms with Crippen molar-refractivity contribution in [3.8, 4) is 0 Å². The Hall–Kier alpha value is -1.11. The van der Waals surface area contributed by atoms with Gasteiger partial charge >= 0.3 is 0 Å². The molecule has 0 aliphatic rings. The topological polar surface area (TPSA) is 49.4 Å². The summed E-state index contributed by atoms with van der Waals surface area (Å²) in [5.41, 5.74) is 1.23. The SMILES string of the molecule is CN(CCCNS(=O)(=O)c1c(Cl)cccc1Cl)Cc1ccccc1. The van der Waals surface area contributed by atoms with E-state index in [4.69, 9.17) is 23.2 Å². The number of rotatable bonds is 8. The van der Waals surface area contributed by atoms with Gasteiger partial charge in [-0.1, -0.05) is 59.6 Å². The van der Waals surface area contributed by atoms with E-state index in [1.807, 2.05) is 25.2 Å². The maximum Gasteiger partial charge on any atom is 0.243 e. The third kappa shape index (κ3) is 5.46. The van der Waals surface area contributed by atoms with E-state index < -0.39 is 10.0 Å². The monoisotopic (exact) mass is 386 g/mol. The second-order valence-corrected chi connectivity index (χ2v) is 8.04. The van der Waals surface area contributed by atoms with Crippen LogP contribution < -0.4 is 4.72 Å². The average Bonchev–Trinajstić information content (AvgIpc) is 2.52. The number of halogens is 2. The Morgan fingerprint density at radius 3 is 2.25 bits per heavy atom. The zero-order valence-corrected chi connectivity index (χ0v) is 15.7. The summed E-state index contributed by atoms with van der Waals surface area (Å²) in [4.78, 5) is 2.08. The summed E-state index contributed by atoms with van der Waals surface area (Å²) in [5.74, 6) is 0. The van der Waals surface area contributed by atoms with Crippen molar-refractivity contribution in [3.63, 3.8) is 0 Å². The minimum absolute atomic E-state index is 0.0639. The number of benzene rings is 2. The molecule has 7 heteroatoms. The summed E-state index contributed by atoms with van der Waals surface area (Å²) in [5, 5.41) is 0.243. The molecule has 0 spiro atoms. The van der Waals surface area contributed by atoms with Crippen LogP contribution in [-0.4, -0.2) is 33.5 Å². The molecule has 0 atom stereocenters. The van der Waals surface area contributed by atoms with Gasteiger partial charge in [0, 0.05) is 13.1 Å². The molecule has 0 bridgehead atoms. The first-order valence-corrected chi connectivity index (χ1v) is 9.80. The Kier molecular flexibility index (Phi) is 7.07. The molecule has 0 radical (unpaired) electrons. The molecule has 130 valence electrons. The van der Waals surface area contributed by atoms with Gasteiger partial charge in [-0.05, 0) is 37.7 Å². The van der Waals surface area contributed by atoms with Crippen LogP contribution in [0.3, 0.4) is 0 Å². The molecule has 0 aliphatic carbocycles. The lowest BCUT2D eigenvalue weighted by molar-refractivity contribution is 0.322. The molecule has 0 unspecified atom stereocenters. The highest BCUT2D eigenvalue weighted by Crippen LogP contribution is 2.28. The summed E-state index contributed by atoms with van der Waals surface area (Å²) < 4.78 is 27.2. The van der Waals surface area contributed by atoms with E-state index in [0.717, 1.165) is 13.1 Å². The third-order valence-corrected chi connectivity index (χ3v) is 5.91. The van der Waals surface area contributed by atoms with E-state index in [2.05, 4.69) is 21.8 Å². The lowest BCUT2D eigenvalue weighted by Crippen LogP contribution is -2.28. The van der Waals surface area contributed by atoms with E-state index in [1.54, 1.807) is 6.07 Å². The maximum absolute atomic E-state index is 12.3. The van der Waals surface area contributed by atoms with Gasteiger partial charge in [0.15, 0.2) is 0 Å². The van der Waals surface area contributed by atoms with Crippen LogP contribution in [0, 0.1) is 0 Å². The molecule has 0 aromatic heterocycles. The molecule has 0 amide bonds. The molecule has 24 heavy (non-hydrogen) atoms. The number of nitrogens with one attached hydrogen (secondary N) is 1. The fourth-order valence-corrected chi connectivity index (χ4v) is 4.55. The Morgan fingerprint density at radius 2 is 1.62 bits per heavy atom. The number of hydrogen-bond acceptors (Lipinski definition) is 3. The highest BCUT2D eigenvalue weighted by atomic mass is 35.5. The molecule has 0 saturated heterocycles. The van der Waals surface area contributed by atoms with Crippen LogP contribution in [0.1, 0.15) is 12.0 Å². The van der Waals surface area contributed by atoms with Gasteiger partial charge in [0.1, 0.15) is 4.90 Å². The fourth-order valence-electron chi connectivity index (χ4n) is 2.34. The Bertz CT molecular complexity index is 747. The smallest absolute Gasteiger partial charge is 0.243 e. The van der Waals surface area contributed by atoms with Crippen molar-refractivity contribution < 1.29 is 8.42 Å². The minimum Gasteiger partial charge on any atom is -0.302 e. The highest BCUT2D eigenvalue weighted by Gasteiger charge is 2.20. The van der Waals surface area contributed by atoms with Gasteiger partial charge in [0.05, 0.1) is 10.0 Å². The highest BCUT2D eigenvalue weighted by molar-refractivity contribution is 7.89. The third-order valence-electron chi connectivity index (χ3n) is 3.49. The molecule has 2 aromatic carbocycles. The number of nitrogens with zero attached hydrogens (tertiary/aromatic N) is 1. The fraction of sp³-hybridized carbons (Fsp3) is 0.294. The van der Waals surface area contributed by atoms with E-state index in [9.17, 15) is 8.42 Å². The first-order valence-electron chi connectivity index (χ1n) is 7.56. The zero-order valence-electron chi connectivity index (χ0n) is 13.4. The first kappa shape index (κ1) is 19.2. The molecule has 0 aliphatic heterocycles. The van der Waals surface area contributed by atoms with Crippen LogP contribution in [-0.2, 0) is 16.6 Å². The van der Waals surface area contributed by atoms with Crippen molar-refractivity contribution in [1.29, 1.82) is 0 Å². The lowest BCUT2D eigenvalue weighted by atomic mass is 10.2. The maximum atomic E-state index is 12.3. The Morgan fingerprint density at radius 1 is 1.00 bits per heavy atom. The van der Waals surface area contributed by atoms with Gasteiger partial charge in [-0.2, -0.15) is 0 Å². The predicted molar refractivity (Wildman–Crippen MR) is 99.0 cm³/mol. The summed E-state index contributed by atoms with van der Waals surface area (Å²) >= 11 is 11.9. The number of sulfonamides is 1.